The van der Waals surface area contributed by atoms with E-state index in [1.54, 1.807) is 30.1 Å². The number of aromatic nitrogens is 1. The van der Waals surface area contributed by atoms with Crippen LogP contribution in [0.3, 0.4) is 0 Å². The number of nitrogens with zero attached hydrogens (tertiary/aromatic N) is 2. The summed E-state index contributed by atoms with van der Waals surface area (Å²) < 4.78 is 11.4. The van der Waals surface area contributed by atoms with Crippen molar-refractivity contribution in [3.63, 3.8) is 0 Å². The van der Waals surface area contributed by atoms with E-state index in [9.17, 15) is 14.7 Å². The van der Waals surface area contributed by atoms with Gasteiger partial charge in [-0.25, -0.2) is 14.6 Å². The first-order valence-corrected chi connectivity index (χ1v) is 9.97. The van der Waals surface area contributed by atoms with Crippen LogP contribution in [0, 0.1) is 0 Å². The Balaban J connectivity index is 1.74. The number of halogens is 1. The normalized spacial score (nSPS) is 14.7. The maximum absolute atomic E-state index is 12.4. The second-order valence-corrected chi connectivity index (χ2v) is 8.81. The molecule has 1 saturated carbocycles. The average Bonchev–Trinajstić information content (AvgIpc) is 3.46. The van der Waals surface area contributed by atoms with E-state index in [1.165, 1.54) is 18.3 Å². The van der Waals surface area contributed by atoms with Gasteiger partial charge in [0.2, 0.25) is 0 Å². The van der Waals surface area contributed by atoms with Crippen molar-refractivity contribution in [2.45, 2.75) is 44.8 Å². The lowest BCUT2D eigenvalue weighted by molar-refractivity contribution is 0.0139. The molecule has 0 saturated heterocycles. The lowest BCUT2D eigenvalue weighted by atomic mass is 10.0. The molecule has 1 N–H and O–H groups in total. The van der Waals surface area contributed by atoms with Crippen LogP contribution in [0.25, 0.3) is 11.1 Å². The highest BCUT2D eigenvalue weighted by atomic mass is 35.5. The largest absolute Gasteiger partial charge is 0.489 e. The average molecular weight is 433 g/mol. The van der Waals surface area contributed by atoms with Crippen LogP contribution < -0.4 is 4.74 Å². The maximum Gasteiger partial charge on any atom is 0.410 e. The molecule has 30 heavy (non-hydrogen) atoms. The molecule has 1 aliphatic rings. The molecule has 0 bridgehead atoms. The Bertz CT molecular complexity index is 966. The van der Waals surface area contributed by atoms with Gasteiger partial charge in [-0.3, -0.25) is 0 Å². The monoisotopic (exact) mass is 432 g/mol. The molecule has 1 fully saturated rings. The molecule has 0 atom stereocenters. The van der Waals surface area contributed by atoms with E-state index in [-0.39, 0.29) is 16.8 Å². The van der Waals surface area contributed by atoms with Gasteiger partial charge in [0.25, 0.3) is 0 Å². The zero-order valence-corrected chi connectivity index (χ0v) is 18.2. The van der Waals surface area contributed by atoms with Crippen molar-refractivity contribution >= 4 is 23.7 Å². The number of pyridine rings is 1. The molecule has 1 aromatic heterocycles. The molecule has 1 aromatic carbocycles. The van der Waals surface area contributed by atoms with Crippen LogP contribution in [0.1, 0.15) is 44.0 Å². The van der Waals surface area contributed by atoms with E-state index in [2.05, 4.69) is 4.98 Å². The lowest BCUT2D eigenvalue weighted by Gasteiger charge is -2.30. The molecule has 2 aromatic rings. The number of benzene rings is 1. The van der Waals surface area contributed by atoms with Crippen LogP contribution in [0.2, 0.25) is 5.15 Å². The first-order chi connectivity index (χ1) is 14.0. The Labute approximate surface area is 180 Å². The fourth-order valence-electron chi connectivity index (χ4n) is 2.99. The lowest BCUT2D eigenvalue weighted by Crippen LogP contribution is -2.45. The zero-order chi connectivity index (χ0) is 22.1. The van der Waals surface area contributed by atoms with E-state index in [0.717, 1.165) is 12.8 Å². The molecule has 8 heteroatoms. The highest BCUT2D eigenvalue weighted by Crippen LogP contribution is 2.42. The summed E-state index contributed by atoms with van der Waals surface area (Å²) in [5.74, 6) is -0.534. The van der Waals surface area contributed by atoms with E-state index in [0.29, 0.717) is 23.5 Å². The second-order valence-electron chi connectivity index (χ2n) is 8.45. The third kappa shape index (κ3) is 5.02. The van der Waals surface area contributed by atoms with Crippen LogP contribution in [-0.2, 0) is 4.74 Å². The van der Waals surface area contributed by atoms with Gasteiger partial charge in [-0.1, -0.05) is 23.7 Å². The Kier molecular flexibility index (Phi) is 5.94. The summed E-state index contributed by atoms with van der Waals surface area (Å²) in [6.07, 6.45) is 2.76. The quantitative estimate of drug-likeness (QED) is 0.654. The van der Waals surface area contributed by atoms with Crippen LogP contribution in [0.15, 0.2) is 36.5 Å². The summed E-state index contributed by atoms with van der Waals surface area (Å²) in [6, 6.07) is 8.18. The van der Waals surface area contributed by atoms with Gasteiger partial charge in [-0.2, -0.15) is 0 Å². The van der Waals surface area contributed by atoms with E-state index in [1.807, 2.05) is 20.8 Å². The Morgan fingerprint density at radius 3 is 2.57 bits per heavy atom. The highest BCUT2D eigenvalue weighted by Gasteiger charge is 2.50. The minimum Gasteiger partial charge on any atom is -0.489 e. The molecule has 1 heterocycles. The van der Waals surface area contributed by atoms with Gasteiger partial charge in [0.05, 0.1) is 17.3 Å². The van der Waals surface area contributed by atoms with Crippen molar-refractivity contribution in [1.29, 1.82) is 0 Å². The number of hydrogen-bond acceptors (Lipinski definition) is 5. The summed E-state index contributed by atoms with van der Waals surface area (Å²) in [5.41, 5.74) is 0.380. The number of likely N-dealkylation sites (N-methyl/N-ethyl adjacent to an activating group) is 1. The fraction of sp³-hybridized carbons (Fsp3) is 0.409. The second kappa shape index (κ2) is 8.14. The first-order valence-electron chi connectivity index (χ1n) is 9.60. The molecule has 3 rings (SSSR count). The van der Waals surface area contributed by atoms with Crippen molar-refractivity contribution in [1.82, 2.24) is 9.88 Å². The van der Waals surface area contributed by atoms with Gasteiger partial charge in [0.1, 0.15) is 23.1 Å². The third-order valence-corrected chi connectivity index (χ3v) is 5.25. The molecule has 0 aliphatic heterocycles. The van der Waals surface area contributed by atoms with E-state index in [4.69, 9.17) is 21.1 Å². The van der Waals surface area contributed by atoms with Gasteiger partial charge < -0.3 is 19.5 Å². The maximum atomic E-state index is 12.4. The van der Waals surface area contributed by atoms with Crippen LogP contribution in [-0.4, -0.2) is 51.8 Å². The SMILES string of the molecule is CN(C(=O)OC(C)(C)C)C1(COc2cnc(Cl)c(-c3cccc(C(=O)O)c3)c2)CC1. The number of carbonyl (C=O) groups is 2. The number of carboxylic acids is 1. The predicted molar refractivity (Wildman–Crippen MR) is 113 cm³/mol. The summed E-state index contributed by atoms with van der Waals surface area (Å²) in [7, 11) is 1.72. The molecular weight excluding hydrogens is 408 g/mol. The Morgan fingerprint density at radius 1 is 1.27 bits per heavy atom. The van der Waals surface area contributed by atoms with Crippen LogP contribution >= 0.6 is 11.6 Å². The van der Waals surface area contributed by atoms with Crippen molar-refractivity contribution in [2.24, 2.45) is 0 Å². The molecule has 7 nitrogen and oxygen atoms in total. The summed E-state index contributed by atoms with van der Waals surface area (Å²) in [5, 5.41) is 9.46. The fourth-order valence-corrected chi connectivity index (χ4v) is 3.21. The van der Waals surface area contributed by atoms with E-state index >= 15 is 0 Å². The van der Waals surface area contributed by atoms with Crippen molar-refractivity contribution in [3.8, 4) is 16.9 Å². The highest BCUT2D eigenvalue weighted by molar-refractivity contribution is 6.32. The third-order valence-electron chi connectivity index (χ3n) is 4.95. The van der Waals surface area contributed by atoms with Crippen molar-refractivity contribution in [2.75, 3.05) is 13.7 Å². The number of carbonyl (C=O) groups excluding carboxylic acids is 1. The van der Waals surface area contributed by atoms with Gasteiger partial charge in [0.15, 0.2) is 0 Å². The molecule has 0 spiro atoms. The molecule has 0 radical (unpaired) electrons. The van der Waals surface area contributed by atoms with Crippen LogP contribution in [0.4, 0.5) is 4.79 Å². The van der Waals surface area contributed by atoms with Crippen molar-refractivity contribution < 1.29 is 24.2 Å². The number of aromatic carboxylic acids is 1. The molecule has 1 amide bonds. The van der Waals surface area contributed by atoms with Gasteiger partial charge in [-0.15, -0.1) is 0 Å². The van der Waals surface area contributed by atoms with Gasteiger partial charge >= 0.3 is 12.1 Å². The molecule has 1 aliphatic carbocycles. The van der Waals surface area contributed by atoms with Gasteiger partial charge in [0, 0.05) is 12.6 Å². The Morgan fingerprint density at radius 2 is 1.97 bits per heavy atom. The Hall–Kier alpha value is -2.80. The molecular formula is C22H25ClN2O5. The zero-order valence-electron chi connectivity index (χ0n) is 17.4. The molecule has 160 valence electrons. The molecule has 0 unspecified atom stereocenters. The summed E-state index contributed by atoms with van der Waals surface area (Å²) >= 11 is 6.24. The number of rotatable bonds is 6. The minimum absolute atomic E-state index is 0.158. The number of ether oxygens (including phenoxy) is 2. The smallest absolute Gasteiger partial charge is 0.410 e. The minimum atomic E-state index is -1.02. The summed E-state index contributed by atoms with van der Waals surface area (Å²) in [6.45, 7) is 5.78. The van der Waals surface area contributed by atoms with Gasteiger partial charge in [-0.05, 0) is 57.4 Å². The van der Waals surface area contributed by atoms with Crippen molar-refractivity contribution in [3.05, 3.63) is 47.2 Å². The number of carboxylic acid groups (broad SMARTS) is 1. The van der Waals surface area contributed by atoms with E-state index < -0.39 is 17.1 Å². The predicted octanol–water partition coefficient (Wildman–Crippen LogP) is 4.88. The van der Waals surface area contributed by atoms with Crippen LogP contribution in [0.5, 0.6) is 5.75 Å². The standard InChI is InChI=1S/C22H25ClN2O5/c1-21(2,3)30-20(28)25(4)22(8-9-22)13-29-16-11-17(18(23)24-12-16)14-6-5-7-15(10-14)19(26)27/h5-7,10-12H,8-9,13H2,1-4H3,(H,26,27). The number of amides is 1. The topological polar surface area (TPSA) is 89.0 Å². The first kappa shape index (κ1) is 21.9. The summed E-state index contributed by atoms with van der Waals surface area (Å²) in [4.78, 5) is 29.4. The number of hydrogen-bond donors (Lipinski definition) is 1.